The van der Waals surface area contributed by atoms with Crippen molar-refractivity contribution in [3.8, 4) is 0 Å². The van der Waals surface area contributed by atoms with Gasteiger partial charge in [0.25, 0.3) is 10.1 Å². The molecule has 0 unspecified atom stereocenters. The van der Waals surface area contributed by atoms with E-state index in [-0.39, 0.29) is 19.4 Å². The predicted octanol–water partition coefficient (Wildman–Crippen LogP) is 8.67. The van der Waals surface area contributed by atoms with Crippen LogP contribution in [-0.2, 0) is 38.7 Å². The number of carbonyl (C=O) groups is 2. The number of unbranched alkanes of at least 4 members (excludes halogenated alkanes) is 23. The molecule has 0 spiro atoms. The van der Waals surface area contributed by atoms with Gasteiger partial charge in [-0.15, -0.1) is 0 Å². The van der Waals surface area contributed by atoms with Crippen LogP contribution in [0.5, 0.6) is 0 Å². The van der Waals surface area contributed by atoms with Crippen molar-refractivity contribution in [3.63, 3.8) is 0 Å². The van der Waals surface area contributed by atoms with Gasteiger partial charge in [0.1, 0.15) is 36.8 Å². The summed E-state index contributed by atoms with van der Waals surface area (Å²) < 4.78 is 54.0. The molecule has 0 aromatic heterocycles. The van der Waals surface area contributed by atoms with Crippen molar-refractivity contribution >= 4 is 22.1 Å². The van der Waals surface area contributed by atoms with Gasteiger partial charge < -0.3 is 34.3 Å². The molecular weight excluding hydrogens is 741 g/mol. The summed E-state index contributed by atoms with van der Waals surface area (Å²) in [5.74, 6) is -1.98. The molecule has 6 atom stereocenters. The number of carbonyl (C=O) groups excluding carboxylic acids is 2. The van der Waals surface area contributed by atoms with Crippen molar-refractivity contribution < 1.29 is 56.8 Å². The van der Waals surface area contributed by atoms with E-state index in [4.69, 9.17) is 18.9 Å². The Morgan fingerprint density at radius 2 is 1.02 bits per heavy atom. The van der Waals surface area contributed by atoms with Crippen molar-refractivity contribution in [2.24, 2.45) is 0 Å². The van der Waals surface area contributed by atoms with Crippen molar-refractivity contribution in [1.82, 2.24) is 0 Å². The third-order valence-electron chi connectivity index (χ3n) is 10.3. The second kappa shape index (κ2) is 34.3. The molecule has 1 aliphatic heterocycles. The third-order valence-corrected chi connectivity index (χ3v) is 11.1. The molecule has 0 aliphatic carbocycles. The first-order valence-electron chi connectivity index (χ1n) is 22.2. The summed E-state index contributed by atoms with van der Waals surface area (Å²) in [7, 11) is -4.60. The molecule has 56 heavy (non-hydrogen) atoms. The average molecular weight is 821 g/mol. The number of ether oxygens (including phenoxy) is 4. The van der Waals surface area contributed by atoms with Crippen LogP contribution in [0, 0.1) is 0 Å². The Labute approximate surface area is 339 Å². The van der Waals surface area contributed by atoms with Gasteiger partial charge in [-0.3, -0.25) is 14.1 Å². The molecular formula is C43H80O12S. The number of esters is 2. The minimum Gasteiger partial charge on any atom is -0.462 e. The van der Waals surface area contributed by atoms with E-state index < -0.39 is 71.2 Å². The second-order valence-corrected chi connectivity index (χ2v) is 17.2. The molecule has 0 amide bonds. The lowest BCUT2D eigenvalue weighted by molar-refractivity contribution is -0.297. The van der Waals surface area contributed by atoms with E-state index >= 15 is 0 Å². The standard InChI is InChI=1S/C43H80O12S/c1-3-5-7-9-11-13-15-17-18-20-22-24-26-28-30-32-39(45)54-36(34-53-43-42(48)41(47)40(46)37(55-43)35-56(49,50)51)33-52-38(44)31-29-27-25-23-21-19-16-14-12-10-8-6-4-2/h17-18,36-37,40-43,46-48H,3-16,19-35H2,1-2H3,(H,49,50,51)/b18-17-/t36-,37-,40-,41+,42-,43+/m1/s1. The summed E-state index contributed by atoms with van der Waals surface area (Å²) in [6.45, 7) is 3.75. The quantitative estimate of drug-likeness (QED) is 0.0203. The monoisotopic (exact) mass is 821 g/mol. The summed E-state index contributed by atoms with van der Waals surface area (Å²) in [5, 5.41) is 30.8. The Balaban J connectivity index is 2.46. The fourth-order valence-electron chi connectivity index (χ4n) is 6.85. The van der Waals surface area contributed by atoms with E-state index in [0.717, 1.165) is 57.8 Å². The second-order valence-electron chi connectivity index (χ2n) is 15.7. The van der Waals surface area contributed by atoms with E-state index in [9.17, 15) is 37.9 Å². The van der Waals surface area contributed by atoms with Crippen LogP contribution in [0.25, 0.3) is 0 Å². The minimum atomic E-state index is -4.60. The maximum Gasteiger partial charge on any atom is 0.306 e. The van der Waals surface area contributed by atoms with Gasteiger partial charge >= 0.3 is 11.9 Å². The van der Waals surface area contributed by atoms with Gasteiger partial charge in [-0.1, -0.05) is 154 Å². The number of hydrogen-bond acceptors (Lipinski definition) is 11. The first-order valence-corrected chi connectivity index (χ1v) is 23.9. The molecule has 1 rings (SSSR count). The van der Waals surface area contributed by atoms with Gasteiger partial charge in [-0.2, -0.15) is 8.42 Å². The van der Waals surface area contributed by atoms with E-state index in [1.54, 1.807) is 0 Å². The van der Waals surface area contributed by atoms with Crippen LogP contribution in [0.15, 0.2) is 12.2 Å². The minimum absolute atomic E-state index is 0.158. The average Bonchev–Trinajstić information content (AvgIpc) is 3.16. The lowest BCUT2D eigenvalue weighted by Gasteiger charge is -2.40. The molecule has 1 aliphatic rings. The molecule has 4 N–H and O–H groups in total. The smallest absolute Gasteiger partial charge is 0.306 e. The summed E-state index contributed by atoms with van der Waals surface area (Å²) in [6, 6.07) is 0. The SMILES string of the molecule is CCCCCCCC/C=C\CCCCCCCC(=O)O[C@H](COC(=O)CCCCCCCCCCCCCCC)CO[C@H]1O[C@H](CS(=O)(=O)O)[C@@H](O)[C@H](O)[C@H]1O. The maximum absolute atomic E-state index is 12.8. The Morgan fingerprint density at radius 3 is 1.48 bits per heavy atom. The molecule has 1 heterocycles. The lowest BCUT2D eigenvalue weighted by Crippen LogP contribution is -2.60. The van der Waals surface area contributed by atoms with Crippen LogP contribution < -0.4 is 0 Å². The zero-order valence-corrected chi connectivity index (χ0v) is 35.8. The zero-order chi connectivity index (χ0) is 41.3. The van der Waals surface area contributed by atoms with Crippen molar-refractivity contribution in [2.45, 2.75) is 230 Å². The highest BCUT2D eigenvalue weighted by Crippen LogP contribution is 2.24. The molecule has 0 radical (unpaired) electrons. The molecule has 0 aromatic carbocycles. The van der Waals surface area contributed by atoms with Crippen LogP contribution in [0.1, 0.15) is 194 Å². The normalized spacial score (nSPS) is 20.7. The molecule has 0 saturated carbocycles. The van der Waals surface area contributed by atoms with E-state index in [1.165, 1.54) is 96.3 Å². The Morgan fingerprint density at radius 1 is 0.589 bits per heavy atom. The zero-order valence-electron chi connectivity index (χ0n) is 35.0. The van der Waals surface area contributed by atoms with Gasteiger partial charge in [0.2, 0.25) is 0 Å². The fraction of sp³-hybridized carbons (Fsp3) is 0.907. The van der Waals surface area contributed by atoms with Gasteiger partial charge in [-0.25, -0.2) is 0 Å². The highest BCUT2D eigenvalue weighted by molar-refractivity contribution is 7.85. The van der Waals surface area contributed by atoms with Crippen LogP contribution in [-0.4, -0.2) is 96.0 Å². The van der Waals surface area contributed by atoms with Gasteiger partial charge in [-0.05, 0) is 38.5 Å². The Kier molecular flexibility index (Phi) is 32.1. The molecule has 0 bridgehead atoms. The predicted molar refractivity (Wildman–Crippen MR) is 220 cm³/mol. The largest absolute Gasteiger partial charge is 0.462 e. The van der Waals surface area contributed by atoms with Crippen LogP contribution in [0.2, 0.25) is 0 Å². The van der Waals surface area contributed by atoms with Crippen molar-refractivity contribution in [1.29, 1.82) is 0 Å². The Hall–Kier alpha value is -1.61. The summed E-state index contributed by atoms with van der Waals surface area (Å²) in [4.78, 5) is 25.3. The fourth-order valence-corrected chi connectivity index (χ4v) is 7.54. The topological polar surface area (TPSA) is 186 Å². The highest BCUT2D eigenvalue weighted by Gasteiger charge is 2.46. The van der Waals surface area contributed by atoms with E-state index in [1.807, 2.05) is 0 Å². The number of rotatable bonds is 37. The number of aliphatic hydroxyl groups excluding tert-OH is 3. The first kappa shape index (κ1) is 52.4. The van der Waals surface area contributed by atoms with Crippen molar-refractivity contribution in [3.05, 3.63) is 12.2 Å². The van der Waals surface area contributed by atoms with Gasteiger partial charge in [0.15, 0.2) is 12.4 Å². The van der Waals surface area contributed by atoms with Gasteiger partial charge in [0.05, 0.1) is 6.61 Å². The number of hydrogen-bond donors (Lipinski definition) is 4. The molecule has 1 saturated heterocycles. The number of aliphatic hydroxyl groups is 3. The highest BCUT2D eigenvalue weighted by atomic mass is 32.2. The molecule has 12 nitrogen and oxygen atoms in total. The Bertz CT molecular complexity index is 1100. The summed E-state index contributed by atoms with van der Waals surface area (Å²) >= 11 is 0. The third kappa shape index (κ3) is 28.7. The summed E-state index contributed by atoms with van der Waals surface area (Å²) in [6.07, 6.45) is 25.4. The molecule has 13 heteroatoms. The van der Waals surface area contributed by atoms with Crippen molar-refractivity contribution in [2.75, 3.05) is 19.0 Å². The van der Waals surface area contributed by atoms with Gasteiger partial charge in [0, 0.05) is 12.8 Å². The summed E-state index contributed by atoms with van der Waals surface area (Å²) in [5.41, 5.74) is 0. The first-order chi connectivity index (χ1) is 27.0. The molecule has 1 fully saturated rings. The number of allylic oxidation sites excluding steroid dienone is 2. The lowest BCUT2D eigenvalue weighted by atomic mass is 10.00. The maximum atomic E-state index is 12.8. The van der Waals surface area contributed by atoms with Crippen LogP contribution in [0.3, 0.4) is 0 Å². The van der Waals surface area contributed by atoms with E-state index in [0.29, 0.717) is 12.8 Å². The van der Waals surface area contributed by atoms with Crippen LogP contribution in [0.4, 0.5) is 0 Å². The molecule has 0 aromatic rings. The van der Waals surface area contributed by atoms with E-state index in [2.05, 4.69) is 26.0 Å². The molecule has 330 valence electrons. The van der Waals surface area contributed by atoms with Crippen LogP contribution >= 0.6 is 0 Å².